The summed E-state index contributed by atoms with van der Waals surface area (Å²) in [7, 11) is 0. The first-order chi connectivity index (χ1) is 10.6. The number of hydrogen-bond donors (Lipinski definition) is 2. The smallest absolute Gasteiger partial charge is 0.319 e. The van der Waals surface area contributed by atoms with E-state index in [0.29, 0.717) is 25.8 Å². The van der Waals surface area contributed by atoms with Crippen molar-refractivity contribution >= 4 is 11.9 Å². The largest absolute Gasteiger partial charge is 0.480 e. The third-order valence-corrected chi connectivity index (χ3v) is 3.95. The molecule has 1 saturated carbocycles. The van der Waals surface area contributed by atoms with E-state index >= 15 is 0 Å². The van der Waals surface area contributed by atoms with Crippen LogP contribution in [-0.2, 0) is 16.0 Å². The summed E-state index contributed by atoms with van der Waals surface area (Å²) in [6, 6.07) is 9.75. The van der Waals surface area contributed by atoms with Crippen LogP contribution in [0.1, 0.15) is 18.4 Å². The summed E-state index contributed by atoms with van der Waals surface area (Å²) in [5.74, 6) is -1.41. The van der Waals surface area contributed by atoms with Crippen molar-refractivity contribution in [2.45, 2.75) is 19.3 Å². The normalized spacial score (nSPS) is 15.3. The molecule has 2 aromatic rings. The minimum Gasteiger partial charge on any atom is -0.480 e. The van der Waals surface area contributed by atoms with Gasteiger partial charge in [0.25, 0.3) is 0 Å². The fourth-order valence-corrected chi connectivity index (χ4v) is 2.36. The van der Waals surface area contributed by atoms with Crippen LogP contribution in [0.4, 0.5) is 0 Å². The number of benzene rings is 1. The summed E-state index contributed by atoms with van der Waals surface area (Å²) in [5, 5.41) is 16.0. The maximum atomic E-state index is 11.9. The lowest BCUT2D eigenvalue weighted by Crippen LogP contribution is -2.37. The van der Waals surface area contributed by atoms with Crippen molar-refractivity contribution in [2.24, 2.45) is 5.41 Å². The molecule has 0 unspecified atom stereocenters. The molecule has 6 nitrogen and oxygen atoms in total. The van der Waals surface area contributed by atoms with E-state index in [1.807, 2.05) is 36.5 Å². The van der Waals surface area contributed by atoms with Gasteiger partial charge in [0.2, 0.25) is 5.91 Å². The fraction of sp³-hybridized carbons (Fsp3) is 0.312. The molecule has 1 aromatic carbocycles. The van der Waals surface area contributed by atoms with Crippen LogP contribution in [0, 0.1) is 5.41 Å². The first kappa shape index (κ1) is 14.3. The zero-order chi connectivity index (χ0) is 15.6. The van der Waals surface area contributed by atoms with E-state index in [1.54, 1.807) is 10.9 Å². The zero-order valence-corrected chi connectivity index (χ0v) is 12.0. The molecule has 3 rings (SSSR count). The Bertz CT molecular complexity index is 690. The van der Waals surface area contributed by atoms with Crippen LogP contribution in [0.25, 0.3) is 5.69 Å². The zero-order valence-electron chi connectivity index (χ0n) is 12.0. The van der Waals surface area contributed by atoms with E-state index in [1.165, 1.54) is 0 Å². The minimum absolute atomic E-state index is 0.379. The van der Waals surface area contributed by atoms with Gasteiger partial charge in [-0.2, -0.15) is 5.10 Å². The van der Waals surface area contributed by atoms with Gasteiger partial charge in [-0.1, -0.05) is 18.2 Å². The summed E-state index contributed by atoms with van der Waals surface area (Å²) in [6.07, 6.45) is 5.14. The number of nitrogens with one attached hydrogen (secondary N) is 1. The number of carbonyl (C=O) groups excluding carboxylic acids is 1. The van der Waals surface area contributed by atoms with Crippen LogP contribution in [0.3, 0.4) is 0 Å². The third-order valence-electron chi connectivity index (χ3n) is 3.95. The lowest BCUT2D eigenvalue weighted by molar-refractivity contribution is -0.149. The molecule has 6 heteroatoms. The third kappa shape index (κ3) is 2.72. The predicted octanol–water partition coefficient (Wildman–Crippen LogP) is 1.40. The maximum Gasteiger partial charge on any atom is 0.319 e. The highest BCUT2D eigenvalue weighted by Crippen LogP contribution is 2.45. The van der Waals surface area contributed by atoms with Crippen molar-refractivity contribution in [1.82, 2.24) is 15.1 Å². The molecule has 0 radical (unpaired) electrons. The Kier molecular flexibility index (Phi) is 3.66. The molecule has 22 heavy (non-hydrogen) atoms. The molecule has 0 aliphatic heterocycles. The number of nitrogens with zero attached hydrogens (tertiary/aromatic N) is 2. The molecular formula is C16H17N3O3. The average Bonchev–Trinajstić information content (AvgIpc) is 3.22. The Labute approximate surface area is 127 Å². The van der Waals surface area contributed by atoms with Gasteiger partial charge in [-0.25, -0.2) is 4.68 Å². The topological polar surface area (TPSA) is 84.2 Å². The summed E-state index contributed by atoms with van der Waals surface area (Å²) >= 11 is 0. The highest BCUT2D eigenvalue weighted by atomic mass is 16.4. The van der Waals surface area contributed by atoms with E-state index in [0.717, 1.165) is 11.3 Å². The van der Waals surface area contributed by atoms with E-state index in [-0.39, 0.29) is 5.91 Å². The molecule has 1 aliphatic rings. The molecule has 1 aromatic heterocycles. The first-order valence-electron chi connectivity index (χ1n) is 7.22. The maximum absolute atomic E-state index is 11.9. The van der Waals surface area contributed by atoms with Gasteiger partial charge in [0, 0.05) is 12.7 Å². The summed E-state index contributed by atoms with van der Waals surface area (Å²) in [6.45, 7) is 0.411. The molecule has 0 saturated heterocycles. The standard InChI is InChI=1S/C16H17N3O3/c20-14(16(7-8-16)15(21)22)17-9-6-12-10-18-19(11-12)13-4-2-1-3-5-13/h1-5,10-11H,6-9H2,(H,17,20)(H,21,22). The second-order valence-electron chi connectivity index (χ2n) is 5.52. The Morgan fingerprint density at radius 1 is 1.27 bits per heavy atom. The number of amides is 1. The van der Waals surface area contributed by atoms with Crippen molar-refractivity contribution in [3.05, 3.63) is 48.3 Å². The number of rotatable bonds is 6. The molecule has 0 spiro atoms. The van der Waals surface area contributed by atoms with E-state index < -0.39 is 11.4 Å². The van der Waals surface area contributed by atoms with Crippen molar-refractivity contribution < 1.29 is 14.7 Å². The Hall–Kier alpha value is -2.63. The Morgan fingerprint density at radius 3 is 2.64 bits per heavy atom. The molecule has 1 amide bonds. The lowest BCUT2D eigenvalue weighted by Gasteiger charge is -2.09. The highest BCUT2D eigenvalue weighted by molar-refractivity contribution is 6.04. The molecule has 0 bridgehead atoms. The van der Waals surface area contributed by atoms with Gasteiger partial charge in [-0.3, -0.25) is 9.59 Å². The monoisotopic (exact) mass is 299 g/mol. The summed E-state index contributed by atoms with van der Waals surface area (Å²) < 4.78 is 1.77. The van der Waals surface area contributed by atoms with Crippen LogP contribution in [0.2, 0.25) is 0 Å². The van der Waals surface area contributed by atoms with E-state index in [9.17, 15) is 9.59 Å². The molecule has 1 fully saturated rings. The second kappa shape index (κ2) is 5.63. The molecule has 2 N–H and O–H groups in total. The number of aromatic nitrogens is 2. The second-order valence-corrected chi connectivity index (χ2v) is 5.52. The van der Waals surface area contributed by atoms with Crippen LogP contribution < -0.4 is 5.32 Å². The van der Waals surface area contributed by atoms with Gasteiger partial charge < -0.3 is 10.4 Å². The fourth-order valence-electron chi connectivity index (χ4n) is 2.36. The number of aliphatic carboxylic acids is 1. The van der Waals surface area contributed by atoms with Gasteiger partial charge in [0.15, 0.2) is 0 Å². The number of carboxylic acid groups (broad SMARTS) is 1. The van der Waals surface area contributed by atoms with Crippen molar-refractivity contribution in [2.75, 3.05) is 6.54 Å². The minimum atomic E-state index is -1.17. The van der Waals surface area contributed by atoms with Gasteiger partial charge in [0.1, 0.15) is 5.41 Å². The highest BCUT2D eigenvalue weighted by Gasteiger charge is 2.56. The van der Waals surface area contributed by atoms with Crippen LogP contribution in [0.15, 0.2) is 42.7 Å². The predicted molar refractivity (Wildman–Crippen MR) is 79.6 cm³/mol. The Balaban J connectivity index is 1.54. The van der Waals surface area contributed by atoms with Gasteiger partial charge in [-0.05, 0) is 37.0 Å². The number of hydrogen-bond acceptors (Lipinski definition) is 3. The SMILES string of the molecule is O=C(O)C1(C(=O)NCCc2cnn(-c3ccccc3)c2)CC1. The summed E-state index contributed by atoms with van der Waals surface area (Å²) in [4.78, 5) is 22.9. The van der Waals surface area contributed by atoms with Crippen molar-refractivity contribution in [3.8, 4) is 5.69 Å². The Morgan fingerprint density at radius 2 is 2.00 bits per heavy atom. The van der Waals surface area contributed by atoms with Gasteiger partial charge >= 0.3 is 5.97 Å². The number of carboxylic acids is 1. The molecule has 0 atom stereocenters. The summed E-state index contributed by atoms with van der Waals surface area (Å²) in [5.41, 5.74) is 0.790. The molecule has 114 valence electrons. The first-order valence-corrected chi connectivity index (χ1v) is 7.22. The van der Waals surface area contributed by atoms with Crippen LogP contribution in [0.5, 0.6) is 0 Å². The molecule has 1 heterocycles. The van der Waals surface area contributed by atoms with Gasteiger partial charge in [0.05, 0.1) is 11.9 Å². The van der Waals surface area contributed by atoms with Crippen molar-refractivity contribution in [3.63, 3.8) is 0 Å². The quantitative estimate of drug-likeness (QED) is 0.790. The number of para-hydroxylation sites is 1. The van der Waals surface area contributed by atoms with E-state index in [2.05, 4.69) is 10.4 Å². The van der Waals surface area contributed by atoms with Crippen LogP contribution in [-0.4, -0.2) is 33.3 Å². The van der Waals surface area contributed by atoms with Crippen molar-refractivity contribution in [1.29, 1.82) is 0 Å². The van der Waals surface area contributed by atoms with Crippen LogP contribution >= 0.6 is 0 Å². The average molecular weight is 299 g/mol. The molecule has 1 aliphatic carbocycles. The number of carbonyl (C=O) groups is 2. The lowest BCUT2D eigenvalue weighted by atomic mass is 10.1. The van der Waals surface area contributed by atoms with Gasteiger partial charge in [-0.15, -0.1) is 0 Å². The van der Waals surface area contributed by atoms with E-state index in [4.69, 9.17) is 5.11 Å². The molecular weight excluding hydrogens is 282 g/mol.